The first kappa shape index (κ1) is 21.9. The van der Waals surface area contributed by atoms with Crippen molar-refractivity contribution in [2.24, 2.45) is 0 Å². The SMILES string of the molecule is COc1cc(NC2(c3ccc(F)cc3)Cc3cccc(CCO)c3N2)cc(OCCO)c1. The standard InChI is InChI=1S/C25H27FN2O4/c1-31-22-13-21(14-23(15-22)32-12-11-30)27-25(19-5-7-20(26)8-6-19)16-18-4-2-3-17(9-10-29)24(18)28-25/h2-8,13-15,27-30H,9-12,16H2,1H3. The van der Waals surface area contributed by atoms with Crippen molar-refractivity contribution in [1.82, 2.24) is 0 Å². The number of para-hydroxylation sites is 1. The van der Waals surface area contributed by atoms with E-state index < -0.39 is 5.66 Å². The topological polar surface area (TPSA) is 83.0 Å². The molecule has 0 saturated carbocycles. The van der Waals surface area contributed by atoms with E-state index in [1.54, 1.807) is 25.3 Å². The molecule has 0 bridgehead atoms. The van der Waals surface area contributed by atoms with Crippen LogP contribution in [0.3, 0.4) is 0 Å². The van der Waals surface area contributed by atoms with Gasteiger partial charge >= 0.3 is 0 Å². The minimum Gasteiger partial charge on any atom is -0.497 e. The summed E-state index contributed by atoms with van der Waals surface area (Å²) in [6.45, 7) is 0.129. The van der Waals surface area contributed by atoms with Crippen molar-refractivity contribution < 1.29 is 24.1 Å². The van der Waals surface area contributed by atoms with Crippen molar-refractivity contribution in [3.8, 4) is 11.5 Å². The van der Waals surface area contributed by atoms with Crippen LogP contribution in [0.25, 0.3) is 0 Å². The largest absolute Gasteiger partial charge is 0.497 e. The molecular formula is C25H27FN2O4. The number of halogens is 1. The van der Waals surface area contributed by atoms with E-state index in [4.69, 9.17) is 14.6 Å². The molecule has 1 atom stereocenters. The van der Waals surface area contributed by atoms with Gasteiger partial charge in [-0.15, -0.1) is 0 Å². The third kappa shape index (κ3) is 4.49. The fraction of sp³-hybridized carbons (Fsp3) is 0.280. The summed E-state index contributed by atoms with van der Waals surface area (Å²) in [5, 5.41) is 25.8. The predicted octanol–water partition coefficient (Wildman–Crippen LogP) is 3.67. The second-order valence-electron chi connectivity index (χ2n) is 7.73. The van der Waals surface area contributed by atoms with E-state index in [0.717, 1.165) is 28.1 Å². The molecule has 0 spiro atoms. The Morgan fingerprint density at radius 2 is 1.81 bits per heavy atom. The van der Waals surface area contributed by atoms with Gasteiger partial charge in [-0.1, -0.05) is 30.3 Å². The van der Waals surface area contributed by atoms with Gasteiger partial charge in [0, 0.05) is 42.6 Å². The molecule has 1 aliphatic heterocycles. The summed E-state index contributed by atoms with van der Waals surface area (Å²) in [4.78, 5) is 0. The maximum atomic E-state index is 13.7. The summed E-state index contributed by atoms with van der Waals surface area (Å²) in [7, 11) is 1.58. The lowest BCUT2D eigenvalue weighted by molar-refractivity contribution is 0.201. The number of aliphatic hydroxyl groups excluding tert-OH is 2. The lowest BCUT2D eigenvalue weighted by Crippen LogP contribution is -2.41. The summed E-state index contributed by atoms with van der Waals surface area (Å²) in [5.74, 6) is 0.863. The lowest BCUT2D eigenvalue weighted by atomic mass is 9.94. The van der Waals surface area contributed by atoms with Crippen LogP contribution in [0.15, 0.2) is 60.7 Å². The molecule has 0 aromatic heterocycles. The highest BCUT2D eigenvalue weighted by Gasteiger charge is 2.39. The Morgan fingerprint density at radius 3 is 2.53 bits per heavy atom. The van der Waals surface area contributed by atoms with Crippen LogP contribution >= 0.6 is 0 Å². The van der Waals surface area contributed by atoms with Gasteiger partial charge in [0.1, 0.15) is 29.6 Å². The van der Waals surface area contributed by atoms with Crippen molar-refractivity contribution in [2.75, 3.05) is 37.6 Å². The predicted molar refractivity (Wildman–Crippen MR) is 122 cm³/mol. The van der Waals surface area contributed by atoms with Crippen LogP contribution in [0.2, 0.25) is 0 Å². The van der Waals surface area contributed by atoms with E-state index in [2.05, 4.69) is 16.7 Å². The monoisotopic (exact) mass is 438 g/mol. The molecule has 0 aliphatic carbocycles. The van der Waals surface area contributed by atoms with E-state index in [1.165, 1.54) is 12.1 Å². The summed E-state index contributed by atoms with van der Waals surface area (Å²) in [6, 6.07) is 17.9. The molecule has 1 heterocycles. The Labute approximate surface area is 186 Å². The molecule has 4 N–H and O–H groups in total. The van der Waals surface area contributed by atoms with Crippen molar-refractivity contribution >= 4 is 11.4 Å². The van der Waals surface area contributed by atoms with Gasteiger partial charge in [-0.05, 0) is 35.2 Å². The fourth-order valence-corrected chi connectivity index (χ4v) is 4.14. The van der Waals surface area contributed by atoms with Gasteiger partial charge in [-0.3, -0.25) is 0 Å². The highest BCUT2D eigenvalue weighted by Crippen LogP contribution is 2.42. The van der Waals surface area contributed by atoms with E-state index in [-0.39, 0.29) is 25.6 Å². The van der Waals surface area contributed by atoms with Crippen LogP contribution in [0, 0.1) is 5.82 Å². The second kappa shape index (κ2) is 9.46. The summed E-state index contributed by atoms with van der Waals surface area (Å²) in [6.07, 6.45) is 1.14. The van der Waals surface area contributed by atoms with Gasteiger partial charge in [0.2, 0.25) is 0 Å². The molecule has 32 heavy (non-hydrogen) atoms. The molecule has 0 fully saturated rings. The number of nitrogens with one attached hydrogen (secondary N) is 2. The van der Waals surface area contributed by atoms with Gasteiger partial charge in [-0.2, -0.15) is 0 Å². The first-order valence-corrected chi connectivity index (χ1v) is 10.5. The average molecular weight is 438 g/mol. The number of benzene rings is 3. The van der Waals surface area contributed by atoms with Crippen molar-refractivity contribution in [3.63, 3.8) is 0 Å². The molecule has 3 aromatic rings. The second-order valence-corrected chi connectivity index (χ2v) is 7.73. The summed E-state index contributed by atoms with van der Waals surface area (Å²) >= 11 is 0. The number of aliphatic hydroxyl groups is 2. The molecule has 7 heteroatoms. The van der Waals surface area contributed by atoms with Gasteiger partial charge in [-0.25, -0.2) is 4.39 Å². The fourth-order valence-electron chi connectivity index (χ4n) is 4.14. The minimum atomic E-state index is -0.748. The zero-order valence-corrected chi connectivity index (χ0v) is 17.9. The number of hydrogen-bond donors (Lipinski definition) is 4. The number of fused-ring (bicyclic) bond motifs is 1. The Hall–Kier alpha value is -3.29. The number of rotatable bonds is 9. The van der Waals surface area contributed by atoms with E-state index in [9.17, 15) is 9.50 Å². The van der Waals surface area contributed by atoms with E-state index >= 15 is 0 Å². The number of hydrogen-bond acceptors (Lipinski definition) is 6. The Kier molecular flexibility index (Phi) is 6.48. The molecule has 0 saturated heterocycles. The smallest absolute Gasteiger partial charge is 0.138 e. The third-order valence-electron chi connectivity index (χ3n) is 5.58. The number of methoxy groups -OCH3 is 1. The zero-order chi connectivity index (χ0) is 22.6. The average Bonchev–Trinajstić information content (AvgIpc) is 3.18. The molecule has 3 aromatic carbocycles. The molecule has 6 nitrogen and oxygen atoms in total. The quantitative estimate of drug-likeness (QED) is 0.408. The molecule has 1 unspecified atom stereocenters. The number of anilines is 2. The van der Waals surface area contributed by atoms with Crippen LogP contribution in [-0.4, -0.2) is 37.1 Å². The maximum absolute atomic E-state index is 13.7. The van der Waals surface area contributed by atoms with Crippen LogP contribution in [0.5, 0.6) is 11.5 Å². The van der Waals surface area contributed by atoms with Crippen LogP contribution in [0.4, 0.5) is 15.8 Å². The molecule has 0 radical (unpaired) electrons. The Bertz CT molecular complexity index is 1070. The highest BCUT2D eigenvalue weighted by atomic mass is 19.1. The number of ether oxygens (including phenoxy) is 2. The van der Waals surface area contributed by atoms with Crippen LogP contribution in [0.1, 0.15) is 16.7 Å². The van der Waals surface area contributed by atoms with Crippen LogP contribution in [-0.2, 0) is 18.5 Å². The Morgan fingerprint density at radius 1 is 1.03 bits per heavy atom. The van der Waals surface area contributed by atoms with Crippen LogP contribution < -0.4 is 20.1 Å². The van der Waals surface area contributed by atoms with E-state index in [1.807, 2.05) is 24.3 Å². The summed E-state index contributed by atoms with van der Waals surface area (Å²) in [5.41, 5.74) is 3.96. The van der Waals surface area contributed by atoms with Gasteiger partial charge < -0.3 is 30.3 Å². The van der Waals surface area contributed by atoms with Crippen molar-refractivity contribution in [3.05, 3.63) is 83.2 Å². The molecule has 0 amide bonds. The first-order valence-electron chi connectivity index (χ1n) is 10.5. The minimum absolute atomic E-state index is 0.0521. The van der Waals surface area contributed by atoms with Gasteiger partial charge in [0.15, 0.2) is 0 Å². The Balaban J connectivity index is 1.75. The lowest BCUT2D eigenvalue weighted by Gasteiger charge is -2.33. The third-order valence-corrected chi connectivity index (χ3v) is 5.58. The van der Waals surface area contributed by atoms with E-state index in [0.29, 0.717) is 24.3 Å². The van der Waals surface area contributed by atoms with Gasteiger partial charge in [0.05, 0.1) is 13.7 Å². The highest BCUT2D eigenvalue weighted by molar-refractivity contribution is 5.69. The van der Waals surface area contributed by atoms with Crippen molar-refractivity contribution in [1.29, 1.82) is 0 Å². The first-order chi connectivity index (χ1) is 15.6. The molecule has 4 rings (SSSR count). The molecule has 1 aliphatic rings. The maximum Gasteiger partial charge on any atom is 0.138 e. The van der Waals surface area contributed by atoms with Crippen molar-refractivity contribution in [2.45, 2.75) is 18.5 Å². The zero-order valence-electron chi connectivity index (χ0n) is 17.9. The summed E-state index contributed by atoms with van der Waals surface area (Å²) < 4.78 is 24.7. The molecule has 168 valence electrons. The normalized spacial score (nSPS) is 16.9. The van der Waals surface area contributed by atoms with Gasteiger partial charge in [0.25, 0.3) is 0 Å². The molecular weight excluding hydrogens is 411 g/mol.